The van der Waals surface area contributed by atoms with Gasteiger partial charge in [-0.15, -0.1) is 0 Å². The van der Waals surface area contributed by atoms with Gasteiger partial charge in [0.2, 0.25) is 0 Å². The molecule has 0 rings (SSSR count). The fourth-order valence-electron chi connectivity index (χ4n) is 0.385. The molecule has 10 heavy (non-hydrogen) atoms. The molecule has 1 heteroatoms. The first-order valence-corrected chi connectivity index (χ1v) is 3.79. The maximum Gasteiger partial charge on any atom is 0.0339 e. The molecule has 0 bridgehead atoms. The van der Waals surface area contributed by atoms with E-state index in [1.165, 1.54) is 5.57 Å². The van der Waals surface area contributed by atoms with E-state index in [1.54, 1.807) is 0 Å². The summed E-state index contributed by atoms with van der Waals surface area (Å²) < 4.78 is 0. The van der Waals surface area contributed by atoms with E-state index in [0.29, 0.717) is 0 Å². The lowest BCUT2D eigenvalue weighted by atomic mass is 10.2. The Morgan fingerprint density at radius 1 is 1.20 bits per heavy atom. The van der Waals surface area contributed by atoms with E-state index in [4.69, 9.17) is 0 Å². The summed E-state index contributed by atoms with van der Waals surface area (Å²) in [6, 6.07) is 0. The first-order chi connectivity index (χ1) is 4.72. The zero-order valence-electron chi connectivity index (χ0n) is 8.02. The molecule has 0 atom stereocenters. The van der Waals surface area contributed by atoms with E-state index >= 15 is 0 Å². The average Bonchev–Trinajstić information content (AvgIpc) is 2.05. The first kappa shape index (κ1) is 12.1. The van der Waals surface area contributed by atoms with Crippen LogP contribution in [0.25, 0.3) is 0 Å². The van der Waals surface area contributed by atoms with Crippen LogP contribution in [-0.2, 0) is 0 Å². The van der Waals surface area contributed by atoms with E-state index < -0.39 is 0 Å². The summed E-state index contributed by atoms with van der Waals surface area (Å²) in [6.07, 6.45) is 2.06. The molecule has 0 heterocycles. The molecule has 0 radical (unpaired) electrons. The van der Waals surface area contributed by atoms with Crippen LogP contribution in [0.3, 0.4) is 0 Å². The van der Waals surface area contributed by atoms with Gasteiger partial charge in [0, 0.05) is 12.8 Å². The van der Waals surface area contributed by atoms with Gasteiger partial charge in [-0.25, -0.2) is 0 Å². The topological polar surface area (TPSA) is 12.4 Å². The summed E-state index contributed by atoms with van der Waals surface area (Å²) in [5.41, 5.74) is 2.38. The zero-order chi connectivity index (χ0) is 8.57. The Morgan fingerprint density at radius 3 is 1.70 bits per heavy atom. The number of hydrogen-bond donors (Lipinski definition) is 0. The summed E-state index contributed by atoms with van der Waals surface area (Å²) in [5, 5.41) is 0. The molecule has 0 aromatic rings. The third kappa shape index (κ3) is 5.54. The Labute approximate surface area is 64.9 Å². The minimum Gasteiger partial charge on any atom is -0.293 e. The van der Waals surface area contributed by atoms with Gasteiger partial charge in [-0.05, 0) is 26.3 Å². The maximum atomic E-state index is 4.01. The van der Waals surface area contributed by atoms with Crippen molar-refractivity contribution < 1.29 is 0 Å². The molecule has 0 amide bonds. The molecule has 0 fully saturated rings. The monoisotopic (exact) mass is 141 g/mol. The largest absolute Gasteiger partial charge is 0.293 e. The van der Waals surface area contributed by atoms with Gasteiger partial charge in [-0.3, -0.25) is 4.99 Å². The van der Waals surface area contributed by atoms with Crippen molar-refractivity contribution in [3.05, 3.63) is 11.6 Å². The molecule has 0 saturated carbocycles. The molecule has 0 N–H and O–H groups in total. The minimum atomic E-state index is 1.12. The van der Waals surface area contributed by atoms with Gasteiger partial charge in [0.1, 0.15) is 0 Å². The van der Waals surface area contributed by atoms with Crippen molar-refractivity contribution in [2.45, 2.75) is 34.6 Å². The Hall–Kier alpha value is -0.590. The van der Waals surface area contributed by atoms with Crippen molar-refractivity contribution in [3.8, 4) is 0 Å². The SMILES string of the molecule is C/C=C(/C)C(C)=NC.CC. The van der Waals surface area contributed by atoms with Crippen LogP contribution < -0.4 is 0 Å². The highest BCUT2D eigenvalue weighted by Gasteiger charge is 1.86. The molecule has 0 aliphatic carbocycles. The van der Waals surface area contributed by atoms with Gasteiger partial charge in [-0.1, -0.05) is 19.9 Å². The molecule has 0 aromatic carbocycles. The predicted octanol–water partition coefficient (Wildman–Crippen LogP) is 3.07. The molecule has 0 aliphatic rings. The molecule has 60 valence electrons. The van der Waals surface area contributed by atoms with Gasteiger partial charge in [0.15, 0.2) is 0 Å². The van der Waals surface area contributed by atoms with E-state index in [0.717, 1.165) is 5.71 Å². The smallest absolute Gasteiger partial charge is 0.0339 e. The molecule has 0 aromatic heterocycles. The summed E-state index contributed by atoms with van der Waals surface area (Å²) >= 11 is 0. The standard InChI is InChI=1S/C7H13N.C2H6/c1-5-6(2)7(3)8-4;1-2/h5H,1-4H3;1-2H3/b6-5-,8-7?;. The van der Waals surface area contributed by atoms with Crippen molar-refractivity contribution in [2.24, 2.45) is 4.99 Å². The van der Waals surface area contributed by atoms with Crippen molar-refractivity contribution in [2.75, 3.05) is 7.05 Å². The van der Waals surface area contributed by atoms with Crippen LogP contribution in [0.5, 0.6) is 0 Å². The van der Waals surface area contributed by atoms with E-state index in [2.05, 4.69) is 18.0 Å². The molecular formula is C9H19N. The summed E-state index contributed by atoms with van der Waals surface area (Å²) in [6.45, 7) is 10.1. The van der Waals surface area contributed by atoms with Crippen LogP contribution in [-0.4, -0.2) is 12.8 Å². The summed E-state index contributed by atoms with van der Waals surface area (Å²) in [5.74, 6) is 0. The van der Waals surface area contributed by atoms with Crippen molar-refractivity contribution in [3.63, 3.8) is 0 Å². The van der Waals surface area contributed by atoms with Crippen molar-refractivity contribution in [1.82, 2.24) is 0 Å². The lowest BCUT2D eigenvalue weighted by molar-refractivity contribution is 1.38. The average molecular weight is 141 g/mol. The van der Waals surface area contributed by atoms with Gasteiger partial charge >= 0.3 is 0 Å². The highest BCUT2D eigenvalue weighted by atomic mass is 14.7. The predicted molar refractivity (Wildman–Crippen MR) is 49.8 cm³/mol. The van der Waals surface area contributed by atoms with E-state index in [-0.39, 0.29) is 0 Å². The second-order valence-corrected chi connectivity index (χ2v) is 1.78. The van der Waals surface area contributed by atoms with Crippen molar-refractivity contribution in [1.29, 1.82) is 0 Å². The Bertz CT molecular complexity index is 105. The molecule has 0 saturated heterocycles. The molecule has 1 nitrogen and oxygen atoms in total. The maximum absolute atomic E-state index is 4.01. The van der Waals surface area contributed by atoms with Crippen LogP contribution in [0, 0.1) is 0 Å². The van der Waals surface area contributed by atoms with Crippen LogP contribution in [0.1, 0.15) is 34.6 Å². The number of rotatable bonds is 1. The van der Waals surface area contributed by atoms with Gasteiger partial charge in [0.05, 0.1) is 0 Å². The van der Waals surface area contributed by atoms with E-state index in [1.807, 2.05) is 34.7 Å². The highest BCUT2D eigenvalue weighted by Crippen LogP contribution is 1.93. The van der Waals surface area contributed by atoms with Gasteiger partial charge in [-0.2, -0.15) is 0 Å². The number of nitrogens with zero attached hydrogens (tertiary/aromatic N) is 1. The summed E-state index contributed by atoms with van der Waals surface area (Å²) in [4.78, 5) is 4.01. The minimum absolute atomic E-state index is 1.12. The van der Waals surface area contributed by atoms with Crippen LogP contribution in [0.2, 0.25) is 0 Å². The van der Waals surface area contributed by atoms with Crippen LogP contribution in [0.4, 0.5) is 0 Å². The van der Waals surface area contributed by atoms with Gasteiger partial charge < -0.3 is 0 Å². The lowest BCUT2D eigenvalue weighted by Gasteiger charge is -1.93. The molecular weight excluding hydrogens is 122 g/mol. The highest BCUT2D eigenvalue weighted by molar-refractivity contribution is 5.97. The van der Waals surface area contributed by atoms with Crippen molar-refractivity contribution >= 4 is 5.71 Å². The Kier molecular flexibility index (Phi) is 10.2. The first-order valence-electron chi connectivity index (χ1n) is 3.79. The van der Waals surface area contributed by atoms with Crippen LogP contribution >= 0.6 is 0 Å². The zero-order valence-corrected chi connectivity index (χ0v) is 8.02. The lowest BCUT2D eigenvalue weighted by Crippen LogP contribution is -1.90. The van der Waals surface area contributed by atoms with Crippen LogP contribution in [0.15, 0.2) is 16.6 Å². The number of hydrogen-bond acceptors (Lipinski definition) is 1. The Morgan fingerprint density at radius 2 is 1.60 bits per heavy atom. The second-order valence-electron chi connectivity index (χ2n) is 1.78. The molecule has 0 unspecified atom stereocenters. The normalized spacial score (nSPS) is 12.2. The number of aliphatic imine (C=N–C) groups is 1. The summed E-state index contributed by atoms with van der Waals surface area (Å²) in [7, 11) is 1.81. The third-order valence-electron chi connectivity index (χ3n) is 1.34. The quantitative estimate of drug-likeness (QED) is 0.498. The van der Waals surface area contributed by atoms with E-state index in [9.17, 15) is 0 Å². The fourth-order valence-corrected chi connectivity index (χ4v) is 0.385. The Balaban J connectivity index is 0. The number of allylic oxidation sites excluding steroid dienone is 2. The second kappa shape index (κ2) is 8.41. The van der Waals surface area contributed by atoms with Gasteiger partial charge in [0.25, 0.3) is 0 Å². The fraction of sp³-hybridized carbons (Fsp3) is 0.667. The third-order valence-corrected chi connectivity index (χ3v) is 1.34. The molecule has 0 aliphatic heterocycles. The molecule has 0 spiro atoms.